The number of esters is 1. The summed E-state index contributed by atoms with van der Waals surface area (Å²) in [5.74, 6) is -1.50. The van der Waals surface area contributed by atoms with E-state index in [1.807, 2.05) is 0 Å². The van der Waals surface area contributed by atoms with E-state index < -0.39 is 18.0 Å². The highest BCUT2D eigenvalue weighted by atomic mass is 16.5. The molecule has 0 aliphatic heterocycles. The molecule has 0 fully saturated rings. The second kappa shape index (κ2) is 4.68. The normalized spacial score (nSPS) is 12.2. The second-order valence-electron chi connectivity index (χ2n) is 2.14. The van der Waals surface area contributed by atoms with Gasteiger partial charge in [0.15, 0.2) is 0 Å². The van der Waals surface area contributed by atoms with E-state index in [1.54, 1.807) is 0 Å². The van der Waals surface area contributed by atoms with Crippen molar-refractivity contribution in [2.75, 3.05) is 7.11 Å². The maximum Gasteiger partial charge on any atom is 0.307 e. The van der Waals surface area contributed by atoms with Crippen molar-refractivity contribution < 1.29 is 19.4 Å². The first-order valence-electron chi connectivity index (χ1n) is 3.10. The van der Waals surface area contributed by atoms with Gasteiger partial charge in [-0.25, -0.2) is 0 Å². The molecule has 0 aromatic rings. The number of aliphatic carboxylic acids is 1. The maximum absolute atomic E-state index is 10.5. The molecule has 0 aromatic carbocycles. The van der Waals surface area contributed by atoms with E-state index in [0.29, 0.717) is 0 Å². The largest absolute Gasteiger partial charge is 0.481 e. The molecule has 0 amide bonds. The lowest BCUT2D eigenvalue weighted by Crippen LogP contribution is -2.27. The van der Waals surface area contributed by atoms with Crippen molar-refractivity contribution in [2.45, 2.75) is 18.9 Å². The van der Waals surface area contributed by atoms with Gasteiger partial charge < -0.3 is 15.6 Å². The zero-order valence-corrected chi connectivity index (χ0v) is 6.24. The number of nitrogens with two attached hydrogens (primary N) is 1. The molecule has 1 atom stereocenters. The maximum atomic E-state index is 10.5. The Labute approximate surface area is 64.1 Å². The minimum atomic E-state index is -1.01. The Balaban J connectivity index is 3.60. The molecule has 0 aromatic heterocycles. The summed E-state index contributed by atoms with van der Waals surface area (Å²) in [4.78, 5) is 20.6. The standard InChI is InChI=1S/C6H11NO4/c1-11-6(10)3-4(7)2-5(8)9/h4H,2-3,7H2,1H3,(H,8,9). The molecule has 0 bridgehead atoms. The molecule has 0 aliphatic carbocycles. The van der Waals surface area contributed by atoms with E-state index in [1.165, 1.54) is 7.11 Å². The number of rotatable bonds is 4. The first-order valence-corrected chi connectivity index (χ1v) is 3.10. The molecule has 5 heteroatoms. The molecule has 0 aliphatic rings. The summed E-state index contributed by atoms with van der Waals surface area (Å²) in [7, 11) is 1.23. The number of hydrogen-bond donors (Lipinski definition) is 2. The highest BCUT2D eigenvalue weighted by Crippen LogP contribution is 1.95. The molecule has 11 heavy (non-hydrogen) atoms. The number of ether oxygens (including phenoxy) is 1. The van der Waals surface area contributed by atoms with Gasteiger partial charge in [-0.3, -0.25) is 9.59 Å². The molecule has 0 rings (SSSR count). The van der Waals surface area contributed by atoms with Gasteiger partial charge in [0.25, 0.3) is 0 Å². The average Bonchev–Trinajstić information content (AvgIpc) is 1.85. The molecule has 64 valence electrons. The van der Waals surface area contributed by atoms with Crippen molar-refractivity contribution in [3.63, 3.8) is 0 Å². The fourth-order valence-electron chi connectivity index (χ4n) is 0.594. The SMILES string of the molecule is COC(=O)CC(N)CC(=O)O. The van der Waals surface area contributed by atoms with Crippen LogP contribution >= 0.6 is 0 Å². The molecule has 0 saturated heterocycles. The van der Waals surface area contributed by atoms with E-state index >= 15 is 0 Å². The third-order valence-corrected chi connectivity index (χ3v) is 1.09. The van der Waals surface area contributed by atoms with Gasteiger partial charge in [0.05, 0.1) is 20.0 Å². The summed E-state index contributed by atoms with van der Waals surface area (Å²) in [5, 5.41) is 8.24. The summed E-state index contributed by atoms with van der Waals surface area (Å²) < 4.78 is 4.29. The summed E-state index contributed by atoms with van der Waals surface area (Å²) in [6.45, 7) is 0. The Morgan fingerprint density at radius 1 is 1.55 bits per heavy atom. The van der Waals surface area contributed by atoms with Crippen molar-refractivity contribution in [2.24, 2.45) is 5.73 Å². The Kier molecular flexibility index (Phi) is 4.21. The number of carbonyl (C=O) groups is 2. The average molecular weight is 161 g/mol. The van der Waals surface area contributed by atoms with Gasteiger partial charge in [-0.1, -0.05) is 0 Å². The van der Waals surface area contributed by atoms with Crippen LogP contribution in [0.3, 0.4) is 0 Å². The van der Waals surface area contributed by atoms with Crippen molar-refractivity contribution in [3.8, 4) is 0 Å². The van der Waals surface area contributed by atoms with Crippen LogP contribution in [0.1, 0.15) is 12.8 Å². The number of methoxy groups -OCH3 is 1. The van der Waals surface area contributed by atoms with Gasteiger partial charge in [0.2, 0.25) is 0 Å². The summed E-state index contributed by atoms with van der Waals surface area (Å²) in [6, 6.07) is -0.653. The molecular formula is C6H11NO4. The quantitative estimate of drug-likeness (QED) is 0.535. The zero-order chi connectivity index (χ0) is 8.85. The van der Waals surface area contributed by atoms with Crippen LogP contribution < -0.4 is 5.73 Å². The Morgan fingerprint density at radius 2 is 2.09 bits per heavy atom. The lowest BCUT2D eigenvalue weighted by atomic mass is 10.1. The molecular weight excluding hydrogens is 150 g/mol. The van der Waals surface area contributed by atoms with Crippen LogP contribution in [0.15, 0.2) is 0 Å². The third kappa shape index (κ3) is 5.35. The highest BCUT2D eigenvalue weighted by Gasteiger charge is 2.12. The lowest BCUT2D eigenvalue weighted by Gasteiger charge is -2.05. The first-order chi connectivity index (χ1) is 5.06. The van der Waals surface area contributed by atoms with Crippen molar-refractivity contribution >= 4 is 11.9 Å². The molecule has 0 heterocycles. The topological polar surface area (TPSA) is 89.6 Å². The lowest BCUT2D eigenvalue weighted by molar-refractivity contribution is -0.141. The monoisotopic (exact) mass is 161 g/mol. The fourth-order valence-corrected chi connectivity index (χ4v) is 0.594. The predicted octanol–water partition coefficient (Wildman–Crippen LogP) is -0.648. The van der Waals surface area contributed by atoms with Crippen LogP contribution in [0.5, 0.6) is 0 Å². The smallest absolute Gasteiger partial charge is 0.307 e. The number of carbonyl (C=O) groups excluding carboxylic acids is 1. The Bertz CT molecular complexity index is 157. The minimum Gasteiger partial charge on any atom is -0.481 e. The van der Waals surface area contributed by atoms with Crippen molar-refractivity contribution in [3.05, 3.63) is 0 Å². The summed E-state index contributed by atoms with van der Waals surface area (Å²) in [5.41, 5.74) is 5.27. The van der Waals surface area contributed by atoms with Crippen LogP contribution in [-0.2, 0) is 14.3 Å². The molecule has 3 N–H and O–H groups in total. The van der Waals surface area contributed by atoms with Crippen LogP contribution in [0.2, 0.25) is 0 Å². The highest BCUT2D eigenvalue weighted by molar-refractivity contribution is 5.72. The van der Waals surface area contributed by atoms with Gasteiger partial charge in [0.1, 0.15) is 0 Å². The van der Waals surface area contributed by atoms with Crippen LogP contribution in [0.4, 0.5) is 0 Å². The first kappa shape index (κ1) is 9.90. The summed E-state index contributed by atoms with van der Waals surface area (Å²) in [6.07, 6.45) is -0.266. The third-order valence-electron chi connectivity index (χ3n) is 1.09. The predicted molar refractivity (Wildman–Crippen MR) is 36.9 cm³/mol. The number of carboxylic acid groups (broad SMARTS) is 1. The van der Waals surface area contributed by atoms with E-state index in [0.717, 1.165) is 0 Å². The van der Waals surface area contributed by atoms with E-state index in [4.69, 9.17) is 10.8 Å². The zero-order valence-electron chi connectivity index (χ0n) is 6.24. The van der Waals surface area contributed by atoms with E-state index in [-0.39, 0.29) is 12.8 Å². The molecule has 0 radical (unpaired) electrons. The van der Waals surface area contributed by atoms with Gasteiger partial charge in [-0.2, -0.15) is 0 Å². The second-order valence-corrected chi connectivity index (χ2v) is 2.14. The van der Waals surface area contributed by atoms with Crippen LogP contribution in [0, 0.1) is 0 Å². The fraction of sp³-hybridized carbons (Fsp3) is 0.667. The van der Waals surface area contributed by atoms with Crippen molar-refractivity contribution in [1.82, 2.24) is 0 Å². The Hall–Kier alpha value is -1.10. The molecule has 5 nitrogen and oxygen atoms in total. The van der Waals surface area contributed by atoms with Crippen LogP contribution in [-0.4, -0.2) is 30.2 Å². The van der Waals surface area contributed by atoms with E-state index in [9.17, 15) is 9.59 Å². The van der Waals surface area contributed by atoms with Gasteiger partial charge in [0, 0.05) is 6.04 Å². The van der Waals surface area contributed by atoms with Crippen LogP contribution in [0.25, 0.3) is 0 Å². The minimum absolute atomic E-state index is 0.0528. The van der Waals surface area contributed by atoms with Gasteiger partial charge in [-0.05, 0) is 0 Å². The van der Waals surface area contributed by atoms with Gasteiger partial charge in [-0.15, -0.1) is 0 Å². The van der Waals surface area contributed by atoms with E-state index in [2.05, 4.69) is 4.74 Å². The molecule has 0 spiro atoms. The van der Waals surface area contributed by atoms with Crippen molar-refractivity contribution in [1.29, 1.82) is 0 Å². The number of carboxylic acids is 1. The Morgan fingerprint density at radius 3 is 2.45 bits per heavy atom. The summed E-state index contributed by atoms with van der Waals surface area (Å²) >= 11 is 0. The van der Waals surface area contributed by atoms with Gasteiger partial charge >= 0.3 is 11.9 Å². The molecule has 1 unspecified atom stereocenters. The molecule has 0 saturated carbocycles. The number of hydrogen-bond acceptors (Lipinski definition) is 4.